The number of halogens is 6. The van der Waals surface area contributed by atoms with Gasteiger partial charge >= 0.3 is 6.18 Å². The van der Waals surface area contributed by atoms with Gasteiger partial charge < -0.3 is 19.4 Å². The Morgan fingerprint density at radius 3 is 2.13 bits per heavy atom. The topological polar surface area (TPSA) is 44.7 Å². The van der Waals surface area contributed by atoms with Crippen LogP contribution < -0.4 is 41.9 Å². The second-order valence-corrected chi connectivity index (χ2v) is 15.7. The highest BCUT2D eigenvalue weighted by Gasteiger charge is 2.46. The van der Waals surface area contributed by atoms with Crippen molar-refractivity contribution in [1.82, 2.24) is 14.9 Å². The maximum Gasteiger partial charge on any atom is 0.422 e. The van der Waals surface area contributed by atoms with E-state index in [1.807, 2.05) is 39.2 Å². The van der Waals surface area contributed by atoms with Gasteiger partial charge in [0, 0.05) is 25.2 Å². The van der Waals surface area contributed by atoms with Crippen LogP contribution in [0.15, 0.2) is 24.5 Å². The second kappa shape index (κ2) is 13.7. The van der Waals surface area contributed by atoms with Gasteiger partial charge in [-0.3, -0.25) is 4.98 Å². The predicted molar refractivity (Wildman–Crippen MR) is 209 cm³/mol. The van der Waals surface area contributed by atoms with E-state index in [9.17, 15) is 8.78 Å². The summed E-state index contributed by atoms with van der Waals surface area (Å²) in [5.74, 6) is -2.90. The first-order valence-corrected chi connectivity index (χ1v) is 18.3. The fraction of sp³-hybridized carbons (Fsp3) is 0.486. The Morgan fingerprint density at radius 1 is 0.865 bits per heavy atom. The van der Waals surface area contributed by atoms with Crippen molar-refractivity contribution in [2.45, 2.75) is 50.6 Å². The molecule has 270 valence electrons. The van der Waals surface area contributed by atoms with E-state index in [4.69, 9.17) is 4.74 Å². The molecule has 0 radical (unpaired) electrons. The smallest absolute Gasteiger partial charge is 0.422 e. The van der Waals surface area contributed by atoms with E-state index in [2.05, 4.69) is 14.9 Å². The summed E-state index contributed by atoms with van der Waals surface area (Å²) in [7, 11) is 9.57. The molecule has 0 amide bonds. The number of piperidine rings is 2. The number of alkyl halides is 5. The van der Waals surface area contributed by atoms with Gasteiger partial charge in [-0.2, -0.15) is 13.2 Å². The Hall–Kier alpha value is -3.48. The van der Waals surface area contributed by atoms with Crippen molar-refractivity contribution in [3.8, 4) is 11.5 Å². The lowest BCUT2D eigenvalue weighted by Gasteiger charge is -2.49. The minimum atomic E-state index is -4.84. The zero-order chi connectivity index (χ0) is 37.2. The molecule has 1 aliphatic carbocycles. The molecular formula is C35H42B5F6N5O. The summed E-state index contributed by atoms with van der Waals surface area (Å²) in [6.45, 7) is 2.59. The first-order valence-electron chi connectivity index (χ1n) is 18.3. The summed E-state index contributed by atoms with van der Waals surface area (Å²) in [4.78, 5) is 13.8. The molecule has 4 fully saturated rings. The number of benzene rings is 2. The molecule has 1 aromatic heterocycles. The molecule has 3 aliphatic heterocycles. The van der Waals surface area contributed by atoms with Crippen LogP contribution in [-0.4, -0.2) is 106 Å². The average Bonchev–Trinajstić information content (AvgIpc) is 3.92. The maximum atomic E-state index is 16.1. The van der Waals surface area contributed by atoms with Crippen molar-refractivity contribution in [1.29, 1.82) is 0 Å². The number of rotatable bonds is 8. The number of nitrogens with zero attached hydrogens (tertiary/aromatic N) is 5. The summed E-state index contributed by atoms with van der Waals surface area (Å²) in [6.07, 6.45) is 4.59. The maximum absolute atomic E-state index is 16.1. The molecule has 6 nitrogen and oxygen atoms in total. The Labute approximate surface area is 305 Å². The highest BCUT2D eigenvalue weighted by molar-refractivity contribution is 6.67. The monoisotopic (exact) mass is 717 g/mol. The van der Waals surface area contributed by atoms with E-state index in [1.165, 1.54) is 36.1 Å². The normalized spacial score (nSPS) is 20.6. The highest BCUT2D eigenvalue weighted by Crippen LogP contribution is 2.50. The standard InChI is InChI=1S/C35H42B5F6N5O/c36-26-27(37)29(39)32(30(40)28(26)38)52-23-5-4-20(12-21(41)22-13-47-14-24(48-22)51-17-34(42,43)18-51)31(25(23)35(44,45)46)50-9-1-6-33(16-50)7-10-49(11-8-33)15-19-2-3-19/h4-5,12-14,19H,1-3,6-11,15-18,36-40H2/b21-12-. The van der Waals surface area contributed by atoms with Crippen molar-refractivity contribution in [3.05, 3.63) is 41.3 Å². The van der Waals surface area contributed by atoms with Gasteiger partial charge in [0.15, 0.2) is 5.83 Å². The zero-order valence-electron chi connectivity index (χ0n) is 30.6. The van der Waals surface area contributed by atoms with Crippen LogP contribution in [0, 0.1) is 11.3 Å². The van der Waals surface area contributed by atoms with Gasteiger partial charge in [0.25, 0.3) is 5.92 Å². The van der Waals surface area contributed by atoms with Crippen molar-refractivity contribution in [2.24, 2.45) is 11.3 Å². The quantitative estimate of drug-likeness (QED) is 0.234. The van der Waals surface area contributed by atoms with Gasteiger partial charge in [0.05, 0.1) is 31.2 Å². The van der Waals surface area contributed by atoms with E-state index in [0.29, 0.717) is 25.3 Å². The molecule has 3 saturated heterocycles. The van der Waals surface area contributed by atoms with E-state index < -0.39 is 36.6 Å². The van der Waals surface area contributed by atoms with Crippen molar-refractivity contribution < 1.29 is 31.1 Å². The van der Waals surface area contributed by atoms with Crippen LogP contribution >= 0.6 is 0 Å². The van der Waals surface area contributed by atoms with Gasteiger partial charge in [0.1, 0.15) is 67.8 Å². The summed E-state index contributed by atoms with van der Waals surface area (Å²) < 4.78 is 96.3. The third-order valence-electron chi connectivity index (χ3n) is 12.0. The Bertz CT molecular complexity index is 1860. The number of aromatic nitrogens is 2. The number of hydrogen-bond acceptors (Lipinski definition) is 6. The average molecular weight is 717 g/mol. The molecule has 0 N–H and O–H groups in total. The third kappa shape index (κ3) is 7.35. The number of anilines is 2. The van der Waals surface area contributed by atoms with Crippen LogP contribution in [0.3, 0.4) is 0 Å². The fourth-order valence-corrected chi connectivity index (χ4v) is 8.32. The minimum Gasteiger partial charge on any atom is -0.458 e. The summed E-state index contributed by atoms with van der Waals surface area (Å²) in [6, 6.07) is 2.75. The van der Waals surface area contributed by atoms with Crippen molar-refractivity contribution >= 4 is 90.0 Å². The first kappa shape index (κ1) is 36.9. The molecule has 2 aromatic carbocycles. The van der Waals surface area contributed by atoms with Crippen LogP contribution in [-0.2, 0) is 6.18 Å². The summed E-state index contributed by atoms with van der Waals surface area (Å²) >= 11 is 0. The van der Waals surface area contributed by atoms with Crippen LogP contribution in [0.2, 0.25) is 0 Å². The van der Waals surface area contributed by atoms with Gasteiger partial charge in [-0.15, -0.1) is 5.46 Å². The van der Waals surface area contributed by atoms with Gasteiger partial charge in [-0.05, 0) is 81.2 Å². The molecule has 4 aliphatic rings. The zero-order valence-corrected chi connectivity index (χ0v) is 30.6. The molecule has 1 saturated carbocycles. The SMILES string of the molecule is Bc1c(B)c(B)c(Oc2ccc(/C=C(\F)c3cncc(N4CC(F)(F)C4)n3)c(N3CCCC4(CCN(CC5CC5)CC4)C3)c2C(F)(F)F)c(B)c1B. The second-order valence-electron chi connectivity index (χ2n) is 15.7. The molecule has 4 heterocycles. The molecule has 0 atom stereocenters. The van der Waals surface area contributed by atoms with E-state index >= 15 is 17.6 Å². The Kier molecular flexibility index (Phi) is 9.74. The van der Waals surface area contributed by atoms with E-state index in [0.717, 1.165) is 84.4 Å². The lowest BCUT2D eigenvalue weighted by Crippen LogP contribution is -2.56. The van der Waals surface area contributed by atoms with Crippen LogP contribution in [0.25, 0.3) is 11.9 Å². The molecule has 1 spiro atoms. The first-order chi connectivity index (χ1) is 24.5. The third-order valence-corrected chi connectivity index (χ3v) is 12.0. The lowest BCUT2D eigenvalue weighted by atomic mass is 9.62. The van der Waals surface area contributed by atoms with E-state index in [1.54, 1.807) is 4.90 Å². The minimum absolute atomic E-state index is 0.0350. The van der Waals surface area contributed by atoms with Gasteiger partial charge in [0.2, 0.25) is 0 Å². The molecule has 0 unspecified atom stereocenters. The number of likely N-dealkylation sites (tertiary alicyclic amines) is 1. The Balaban J connectivity index is 1.31. The van der Waals surface area contributed by atoms with Gasteiger partial charge in [-0.25, -0.2) is 18.2 Å². The van der Waals surface area contributed by atoms with E-state index in [-0.39, 0.29) is 33.9 Å². The summed E-state index contributed by atoms with van der Waals surface area (Å²) in [5, 5.41) is 0. The predicted octanol–water partition coefficient (Wildman–Crippen LogP) is -0.405. The highest BCUT2D eigenvalue weighted by atomic mass is 19.4. The molecule has 7 rings (SSSR count). The molecule has 17 heteroatoms. The van der Waals surface area contributed by atoms with Crippen LogP contribution in [0.4, 0.5) is 37.8 Å². The largest absolute Gasteiger partial charge is 0.458 e. The van der Waals surface area contributed by atoms with Crippen LogP contribution in [0.5, 0.6) is 11.5 Å². The number of hydrogen-bond donors (Lipinski definition) is 0. The van der Waals surface area contributed by atoms with Crippen molar-refractivity contribution in [2.75, 3.05) is 55.6 Å². The van der Waals surface area contributed by atoms with Gasteiger partial charge in [-0.1, -0.05) is 21.9 Å². The molecular weight excluding hydrogens is 674 g/mol. The molecule has 0 bridgehead atoms. The number of ether oxygens (including phenoxy) is 1. The Morgan fingerprint density at radius 2 is 1.52 bits per heavy atom. The van der Waals surface area contributed by atoms with Crippen molar-refractivity contribution in [3.63, 3.8) is 0 Å². The summed E-state index contributed by atoms with van der Waals surface area (Å²) in [5.41, 5.74) is 3.04. The van der Waals surface area contributed by atoms with Crippen LogP contribution in [0.1, 0.15) is 55.3 Å². The molecule has 52 heavy (non-hydrogen) atoms. The molecule has 3 aromatic rings. The fourth-order valence-electron chi connectivity index (χ4n) is 8.32. The lowest BCUT2D eigenvalue weighted by molar-refractivity contribution is -0.138.